The minimum Gasteiger partial charge on any atom is -0.393 e. The number of aromatic nitrogens is 11. The van der Waals surface area contributed by atoms with Gasteiger partial charge in [0.05, 0.1) is 24.4 Å². The van der Waals surface area contributed by atoms with Crippen LogP contribution in [0, 0.1) is 27.7 Å². The molecule has 9 aromatic rings. The molecule has 4 aliphatic carbocycles. The summed E-state index contributed by atoms with van der Waals surface area (Å²) in [7, 11) is 0. The second-order valence-corrected chi connectivity index (χ2v) is 31.3. The van der Waals surface area contributed by atoms with Crippen LogP contribution < -0.4 is 16.0 Å². The minimum atomic E-state index is -0.217. The van der Waals surface area contributed by atoms with Gasteiger partial charge in [0.15, 0.2) is 0 Å². The van der Waals surface area contributed by atoms with Crippen molar-refractivity contribution in [2.45, 2.75) is 276 Å². The van der Waals surface area contributed by atoms with Gasteiger partial charge in [0.25, 0.3) is 11.8 Å². The minimum absolute atomic E-state index is 0.0683. The summed E-state index contributed by atoms with van der Waals surface area (Å²) >= 11 is 0. The summed E-state index contributed by atoms with van der Waals surface area (Å²) in [6.07, 6.45) is 34.7. The molecule has 2 amide bonds. The van der Waals surface area contributed by atoms with E-state index in [1.54, 1.807) is 0 Å². The fourth-order valence-corrected chi connectivity index (χ4v) is 17.6. The maximum Gasteiger partial charge on any atom is 0.254 e. The van der Waals surface area contributed by atoms with E-state index >= 15 is 0 Å². The second-order valence-electron chi connectivity index (χ2n) is 31.3. The van der Waals surface area contributed by atoms with E-state index < -0.39 is 0 Å². The van der Waals surface area contributed by atoms with Gasteiger partial charge in [-0.1, -0.05) is 69.9 Å². The highest BCUT2D eigenvalue weighted by Crippen LogP contribution is 2.44. The quantitative estimate of drug-likeness (QED) is 0.0440. The van der Waals surface area contributed by atoms with E-state index in [0.717, 1.165) is 185 Å². The van der Waals surface area contributed by atoms with Crippen LogP contribution in [0.3, 0.4) is 0 Å². The number of aliphatic hydroxyl groups is 3. The Bertz CT molecular complexity index is 4350. The standard InChI is InChI=1S/C32H38N6O2.C29H40N6O2.C22H34N4O/c1-20-15-25(16-21(2)34-20)31(40)37-14-13-24(18-37)29-19-38(26-9-11-27(39)12-10-26)30-28(29)17-33-32(36-30)35-22(3)23-7-5-4-6-8-23;1-5-6-18(2)32-29-30-15-25-26(17-35(27(25)33-29)23-7-9-24(36)10-8-23)21-11-12-34(16-21)28(37)22-13-19(3)31-20(4)14-22;1-3-6-15(2)24-22-23-13-19-20(16-7-4-5-8-16)14-26(21(19)25-22)17-9-11-18(27)12-10-17/h4-8,15-17,19,22,24,26-27,39H,9-14,18H2,1-3H3,(H,33,35,36);13-15,17-18,21,23-24,36H,5-12,16H2,1-4H3,(H,30,32,33);13-18,27H,3-12H2,1-2H3,(H,23,24,25)/t22-,24?,26?,27?;18-,21?,23?,24?;15-,17?,18?/m000/s1. The SMILES string of the molecule is CCC[C@H](C)Nc1ncc2c(C3CCCC3)cn(C3CCC(O)CC3)c2n1.CCC[C@H](C)Nc1ncc2c(C3CCN(C(=O)c4cc(C)nc(C)c4)C3)cn(C3CCC(O)CC3)c2n1.Cc1cc(C(=O)N2CCC(c3cn(C4CCC(O)CC4)c4nc(N[C@@H](C)c5ccccc5)ncc34)C2)cc(C)n1. The number of benzene rings is 1. The number of pyridine rings is 2. The summed E-state index contributed by atoms with van der Waals surface area (Å²) < 4.78 is 7.05. The number of hydrogen-bond acceptors (Lipinski definition) is 16. The molecular formula is C83H112N16O5. The van der Waals surface area contributed by atoms with Crippen molar-refractivity contribution in [2.24, 2.45) is 0 Å². The zero-order valence-electron chi connectivity index (χ0n) is 62.9. The Labute approximate surface area is 614 Å². The molecule has 4 saturated carbocycles. The van der Waals surface area contributed by atoms with Gasteiger partial charge >= 0.3 is 0 Å². The number of nitrogens with one attached hydrogen (secondary N) is 3. The maximum atomic E-state index is 13.4. The van der Waals surface area contributed by atoms with Crippen molar-refractivity contribution in [1.82, 2.24) is 63.4 Å². The van der Waals surface area contributed by atoms with Crippen LogP contribution in [-0.4, -0.2) is 147 Å². The van der Waals surface area contributed by atoms with Crippen LogP contribution in [0.15, 0.2) is 91.8 Å². The highest BCUT2D eigenvalue weighted by atomic mass is 16.3. The molecule has 0 bridgehead atoms. The highest BCUT2D eigenvalue weighted by Gasteiger charge is 2.36. The molecule has 0 spiro atoms. The van der Waals surface area contributed by atoms with Gasteiger partial charge in [-0.25, -0.2) is 15.0 Å². The number of rotatable bonds is 19. The first-order chi connectivity index (χ1) is 50.3. The Morgan fingerprint density at radius 3 is 1.15 bits per heavy atom. The van der Waals surface area contributed by atoms with E-state index in [1.807, 2.05) is 98.5 Å². The van der Waals surface area contributed by atoms with Gasteiger partial charge in [-0.15, -0.1) is 0 Å². The first kappa shape index (κ1) is 73.9. The van der Waals surface area contributed by atoms with E-state index in [4.69, 9.17) is 19.9 Å². The molecule has 554 valence electrons. The van der Waals surface area contributed by atoms with Crippen LogP contribution in [0.2, 0.25) is 0 Å². The van der Waals surface area contributed by atoms with Gasteiger partial charge in [0.1, 0.15) is 16.9 Å². The van der Waals surface area contributed by atoms with Crippen molar-refractivity contribution >= 4 is 62.8 Å². The molecule has 2 aliphatic heterocycles. The highest BCUT2D eigenvalue weighted by molar-refractivity contribution is 5.95. The van der Waals surface area contributed by atoms with Crippen molar-refractivity contribution in [1.29, 1.82) is 0 Å². The average Bonchev–Trinajstić information content (AvgIpc) is 1.65. The van der Waals surface area contributed by atoms with Crippen LogP contribution in [0.25, 0.3) is 33.1 Å². The fourth-order valence-electron chi connectivity index (χ4n) is 17.6. The average molecular weight is 1410 g/mol. The Balaban J connectivity index is 0.000000141. The lowest BCUT2D eigenvalue weighted by Crippen LogP contribution is -2.28. The first-order valence-corrected chi connectivity index (χ1v) is 39.3. The Morgan fingerprint density at radius 2 is 0.798 bits per heavy atom. The summed E-state index contributed by atoms with van der Waals surface area (Å²) in [5.74, 6) is 3.29. The van der Waals surface area contributed by atoms with Gasteiger partial charge < -0.3 is 54.8 Å². The zero-order valence-corrected chi connectivity index (χ0v) is 62.9. The Kier molecular flexibility index (Phi) is 23.7. The second kappa shape index (κ2) is 33.4. The molecule has 21 heteroatoms. The predicted molar refractivity (Wildman–Crippen MR) is 413 cm³/mol. The normalized spacial score (nSPS) is 23.2. The van der Waals surface area contributed by atoms with Gasteiger partial charge in [-0.05, 0) is 216 Å². The van der Waals surface area contributed by atoms with E-state index in [2.05, 4.69) is 115 Å². The van der Waals surface area contributed by atoms with E-state index in [1.165, 1.54) is 53.3 Å². The molecule has 104 heavy (non-hydrogen) atoms. The fraction of sp³-hybridized carbons (Fsp3) is 0.566. The van der Waals surface area contributed by atoms with Gasteiger partial charge in [-0.3, -0.25) is 19.6 Å². The number of fused-ring (bicyclic) bond motifs is 3. The molecule has 6 aliphatic rings. The summed E-state index contributed by atoms with van der Waals surface area (Å²) in [6, 6.07) is 19.6. The number of nitrogens with zero attached hydrogens (tertiary/aromatic N) is 13. The number of carbonyl (C=O) groups is 2. The van der Waals surface area contributed by atoms with Crippen LogP contribution in [0.1, 0.15) is 284 Å². The molecule has 6 N–H and O–H groups in total. The molecule has 1 aromatic carbocycles. The predicted octanol–water partition coefficient (Wildman–Crippen LogP) is 16.0. The molecule has 2 unspecified atom stereocenters. The molecule has 15 rings (SSSR count). The Hall–Kier alpha value is -8.40. The largest absolute Gasteiger partial charge is 0.393 e. The molecular weight excluding hydrogens is 1300 g/mol. The topological polar surface area (TPSA) is 255 Å². The van der Waals surface area contributed by atoms with E-state index in [-0.39, 0.29) is 54.0 Å². The van der Waals surface area contributed by atoms with Crippen LogP contribution in [0.5, 0.6) is 0 Å². The van der Waals surface area contributed by atoms with Crippen molar-refractivity contribution < 1.29 is 24.9 Å². The van der Waals surface area contributed by atoms with Gasteiger partial charge in [0.2, 0.25) is 17.8 Å². The molecule has 2 saturated heterocycles. The summed E-state index contributed by atoms with van der Waals surface area (Å²) in [4.78, 5) is 68.6. The third-order valence-electron chi connectivity index (χ3n) is 23.1. The van der Waals surface area contributed by atoms with Crippen molar-refractivity contribution in [3.63, 3.8) is 0 Å². The number of carbonyl (C=O) groups excluding carboxylic acids is 2. The lowest BCUT2D eigenvalue weighted by atomic mass is 9.93. The first-order valence-electron chi connectivity index (χ1n) is 39.3. The van der Waals surface area contributed by atoms with Crippen LogP contribution in [0.4, 0.5) is 17.8 Å². The smallest absolute Gasteiger partial charge is 0.254 e. The number of aryl methyl sites for hydroxylation is 4. The number of hydrogen-bond donors (Lipinski definition) is 6. The molecule has 0 radical (unpaired) electrons. The molecule has 21 nitrogen and oxygen atoms in total. The molecule has 10 heterocycles. The third-order valence-corrected chi connectivity index (χ3v) is 23.1. The van der Waals surface area contributed by atoms with E-state index in [0.29, 0.717) is 66.2 Å². The molecule has 6 fully saturated rings. The number of aliphatic hydroxyl groups excluding tert-OH is 3. The zero-order chi connectivity index (χ0) is 72.7. The number of anilines is 3. The summed E-state index contributed by atoms with van der Waals surface area (Å²) in [5, 5.41) is 43.9. The van der Waals surface area contributed by atoms with Gasteiger partial charge in [-0.2, -0.15) is 15.0 Å². The summed E-state index contributed by atoms with van der Waals surface area (Å²) in [6.45, 7) is 21.4. The number of likely N-dealkylation sites (tertiary alicyclic amines) is 2. The maximum absolute atomic E-state index is 13.4. The molecule has 8 aromatic heterocycles. The summed E-state index contributed by atoms with van der Waals surface area (Å²) in [5.41, 5.74) is 12.9. The van der Waals surface area contributed by atoms with Gasteiger partial charge in [0, 0.05) is 155 Å². The van der Waals surface area contributed by atoms with Crippen molar-refractivity contribution in [2.75, 3.05) is 42.1 Å². The third kappa shape index (κ3) is 17.3. The number of amides is 2. The Morgan fingerprint density at radius 1 is 0.452 bits per heavy atom. The van der Waals surface area contributed by atoms with Crippen LogP contribution >= 0.6 is 0 Å². The molecule has 5 atom stereocenters. The lowest BCUT2D eigenvalue weighted by molar-refractivity contribution is 0.0783. The lowest BCUT2D eigenvalue weighted by Gasteiger charge is -2.27. The van der Waals surface area contributed by atoms with Crippen molar-refractivity contribution in [3.05, 3.63) is 148 Å². The van der Waals surface area contributed by atoms with Crippen LogP contribution in [-0.2, 0) is 0 Å². The van der Waals surface area contributed by atoms with E-state index in [9.17, 15) is 24.9 Å². The monoisotopic (exact) mass is 1410 g/mol. The van der Waals surface area contributed by atoms with Crippen molar-refractivity contribution in [3.8, 4) is 0 Å².